The van der Waals surface area contributed by atoms with Gasteiger partial charge in [-0.25, -0.2) is 10.9 Å². The van der Waals surface area contributed by atoms with Gasteiger partial charge in [0.2, 0.25) is 0 Å². The van der Waals surface area contributed by atoms with Gasteiger partial charge in [-0.15, -0.1) is 0 Å². The maximum atomic E-state index is 12.3. The number of phenols is 2. The van der Waals surface area contributed by atoms with E-state index in [1.807, 2.05) is 0 Å². The summed E-state index contributed by atoms with van der Waals surface area (Å²) in [7, 11) is 0. The Morgan fingerprint density at radius 3 is 1.53 bits per heavy atom. The van der Waals surface area contributed by atoms with E-state index >= 15 is 0 Å². The van der Waals surface area contributed by atoms with Gasteiger partial charge in [0.15, 0.2) is 0 Å². The summed E-state index contributed by atoms with van der Waals surface area (Å²) >= 11 is 0. The van der Waals surface area contributed by atoms with Crippen LogP contribution in [0.25, 0.3) is 0 Å². The number of para-hydroxylation sites is 2. The molecular formula is C22H18N4O4. The summed E-state index contributed by atoms with van der Waals surface area (Å²) in [5.74, 6) is -0.958. The highest BCUT2D eigenvalue weighted by molar-refractivity contribution is 6.00. The molecule has 3 aromatic rings. The van der Waals surface area contributed by atoms with E-state index in [-0.39, 0.29) is 22.6 Å². The molecule has 0 heterocycles. The number of nitrogens with one attached hydrogen (secondary N) is 2. The van der Waals surface area contributed by atoms with Gasteiger partial charge in [0.1, 0.15) is 11.5 Å². The van der Waals surface area contributed by atoms with Gasteiger partial charge in [0.05, 0.1) is 12.4 Å². The summed E-state index contributed by atoms with van der Waals surface area (Å²) in [6, 6.07) is 19.1. The third-order valence-electron chi connectivity index (χ3n) is 4.00. The molecule has 3 aromatic carbocycles. The van der Waals surface area contributed by atoms with Gasteiger partial charge in [0.25, 0.3) is 11.8 Å². The lowest BCUT2D eigenvalue weighted by molar-refractivity contribution is 0.0954. The van der Waals surface area contributed by atoms with Gasteiger partial charge in [-0.1, -0.05) is 30.3 Å². The van der Waals surface area contributed by atoms with Crippen LogP contribution in [-0.2, 0) is 0 Å². The summed E-state index contributed by atoms with van der Waals surface area (Å²) in [5.41, 5.74) is 6.04. The summed E-state index contributed by atoms with van der Waals surface area (Å²) in [4.78, 5) is 24.5. The summed E-state index contributed by atoms with van der Waals surface area (Å²) < 4.78 is 0. The molecule has 8 heteroatoms. The van der Waals surface area contributed by atoms with Crippen molar-refractivity contribution in [3.05, 3.63) is 95.1 Å². The summed E-state index contributed by atoms with van der Waals surface area (Å²) in [6.45, 7) is 0. The van der Waals surface area contributed by atoms with Gasteiger partial charge in [-0.3, -0.25) is 9.59 Å². The van der Waals surface area contributed by atoms with Gasteiger partial charge >= 0.3 is 0 Å². The molecule has 150 valence electrons. The van der Waals surface area contributed by atoms with Crippen LogP contribution in [-0.4, -0.2) is 34.5 Å². The third-order valence-corrected chi connectivity index (χ3v) is 4.00. The number of amides is 2. The zero-order chi connectivity index (χ0) is 21.3. The van der Waals surface area contributed by atoms with Crippen LogP contribution in [0.5, 0.6) is 11.5 Å². The van der Waals surface area contributed by atoms with Crippen molar-refractivity contribution in [1.82, 2.24) is 10.9 Å². The molecule has 0 unspecified atom stereocenters. The van der Waals surface area contributed by atoms with Crippen molar-refractivity contribution < 1.29 is 19.8 Å². The molecule has 0 aliphatic carbocycles. The molecule has 3 rings (SSSR count). The Balaban J connectivity index is 1.62. The second-order valence-electron chi connectivity index (χ2n) is 6.10. The number of hydrogen-bond donors (Lipinski definition) is 4. The van der Waals surface area contributed by atoms with Crippen LogP contribution in [0.4, 0.5) is 0 Å². The molecule has 0 spiro atoms. The first-order valence-electron chi connectivity index (χ1n) is 8.87. The highest BCUT2D eigenvalue weighted by atomic mass is 16.3. The Morgan fingerprint density at radius 2 is 1.10 bits per heavy atom. The van der Waals surface area contributed by atoms with Crippen molar-refractivity contribution >= 4 is 24.2 Å². The second-order valence-corrected chi connectivity index (χ2v) is 6.10. The molecule has 0 aromatic heterocycles. The van der Waals surface area contributed by atoms with E-state index in [1.54, 1.807) is 42.5 Å². The molecule has 0 fully saturated rings. The number of carbonyl (C=O) groups excluding carboxylic acids is 2. The number of aromatic hydroxyl groups is 2. The quantitative estimate of drug-likeness (QED) is 0.374. The van der Waals surface area contributed by atoms with Crippen LogP contribution in [0.2, 0.25) is 0 Å². The number of carbonyl (C=O) groups is 2. The maximum absolute atomic E-state index is 12.3. The average molecular weight is 402 g/mol. The van der Waals surface area contributed by atoms with E-state index in [4.69, 9.17) is 0 Å². The second kappa shape index (κ2) is 9.65. The smallest absolute Gasteiger partial charge is 0.271 e. The highest BCUT2D eigenvalue weighted by Crippen LogP contribution is 2.13. The SMILES string of the molecule is O=C(N/N=C\c1ccccc1O)c1cccc(C(=O)N/N=C\c2ccccc2O)c1. The number of hydrogen-bond acceptors (Lipinski definition) is 6. The predicted octanol–water partition coefficient (Wildman–Crippen LogP) is 2.63. The fourth-order valence-electron chi connectivity index (χ4n) is 2.45. The molecule has 0 radical (unpaired) electrons. The summed E-state index contributed by atoms with van der Waals surface area (Å²) in [5, 5.41) is 27.0. The van der Waals surface area contributed by atoms with E-state index in [0.717, 1.165) is 0 Å². The van der Waals surface area contributed by atoms with Crippen molar-refractivity contribution in [3.8, 4) is 11.5 Å². The first-order valence-corrected chi connectivity index (χ1v) is 8.87. The molecule has 4 N–H and O–H groups in total. The van der Waals surface area contributed by atoms with E-state index in [1.165, 1.54) is 42.8 Å². The fourth-order valence-corrected chi connectivity index (χ4v) is 2.45. The van der Waals surface area contributed by atoms with Crippen molar-refractivity contribution in [1.29, 1.82) is 0 Å². The monoisotopic (exact) mass is 402 g/mol. The average Bonchev–Trinajstić information content (AvgIpc) is 2.76. The molecular weight excluding hydrogens is 384 g/mol. The fraction of sp³-hybridized carbons (Fsp3) is 0. The predicted molar refractivity (Wildman–Crippen MR) is 113 cm³/mol. The molecule has 0 bridgehead atoms. The first-order chi connectivity index (χ1) is 14.5. The molecule has 30 heavy (non-hydrogen) atoms. The molecule has 8 nitrogen and oxygen atoms in total. The lowest BCUT2D eigenvalue weighted by Crippen LogP contribution is -2.20. The van der Waals surface area contributed by atoms with Crippen LogP contribution < -0.4 is 10.9 Å². The lowest BCUT2D eigenvalue weighted by Gasteiger charge is -2.04. The highest BCUT2D eigenvalue weighted by Gasteiger charge is 2.10. The van der Waals surface area contributed by atoms with E-state index in [9.17, 15) is 19.8 Å². The number of benzene rings is 3. The zero-order valence-corrected chi connectivity index (χ0v) is 15.7. The molecule has 2 amide bonds. The minimum absolute atomic E-state index is 0.0403. The van der Waals surface area contributed by atoms with Crippen molar-refractivity contribution in [2.24, 2.45) is 10.2 Å². The van der Waals surface area contributed by atoms with Crippen LogP contribution in [0, 0.1) is 0 Å². The lowest BCUT2D eigenvalue weighted by atomic mass is 10.1. The van der Waals surface area contributed by atoms with Gasteiger partial charge in [-0.05, 0) is 42.5 Å². The van der Waals surface area contributed by atoms with Gasteiger partial charge in [0, 0.05) is 22.3 Å². The van der Waals surface area contributed by atoms with Crippen molar-refractivity contribution in [2.75, 3.05) is 0 Å². The minimum atomic E-state index is -0.519. The third kappa shape index (κ3) is 5.29. The Labute approximate surface area is 172 Å². The van der Waals surface area contributed by atoms with Crippen LogP contribution in [0.15, 0.2) is 83.0 Å². The first kappa shape index (κ1) is 20.3. The van der Waals surface area contributed by atoms with Crippen LogP contribution in [0.1, 0.15) is 31.8 Å². The van der Waals surface area contributed by atoms with E-state index < -0.39 is 11.8 Å². The number of hydrazone groups is 2. The number of rotatable bonds is 6. The van der Waals surface area contributed by atoms with Crippen LogP contribution >= 0.6 is 0 Å². The zero-order valence-electron chi connectivity index (χ0n) is 15.7. The molecule has 0 saturated heterocycles. The Bertz CT molecular complexity index is 1040. The largest absolute Gasteiger partial charge is 0.507 e. The minimum Gasteiger partial charge on any atom is -0.507 e. The Morgan fingerprint density at radius 1 is 0.667 bits per heavy atom. The molecule has 0 aliphatic heterocycles. The van der Waals surface area contributed by atoms with Gasteiger partial charge in [-0.2, -0.15) is 10.2 Å². The van der Waals surface area contributed by atoms with Crippen molar-refractivity contribution in [2.45, 2.75) is 0 Å². The maximum Gasteiger partial charge on any atom is 0.271 e. The molecule has 0 atom stereocenters. The van der Waals surface area contributed by atoms with Gasteiger partial charge < -0.3 is 10.2 Å². The summed E-state index contributed by atoms with van der Waals surface area (Å²) in [6.07, 6.45) is 2.63. The Hall–Kier alpha value is -4.46. The normalized spacial score (nSPS) is 10.9. The number of nitrogens with zero attached hydrogens (tertiary/aromatic N) is 2. The molecule has 0 saturated carbocycles. The van der Waals surface area contributed by atoms with E-state index in [2.05, 4.69) is 21.1 Å². The van der Waals surface area contributed by atoms with Crippen molar-refractivity contribution in [3.63, 3.8) is 0 Å². The molecule has 0 aliphatic rings. The standard InChI is InChI=1S/C22H18N4O4/c27-19-10-3-1-6-17(19)13-23-25-21(29)15-8-5-9-16(12-15)22(30)26-24-14-18-7-2-4-11-20(18)28/h1-14,27-28H,(H,25,29)(H,26,30)/b23-13-,24-14-. The Kier molecular flexibility index (Phi) is 6.52. The number of phenolic OH excluding ortho intramolecular Hbond substituents is 2. The van der Waals surface area contributed by atoms with Crippen LogP contribution in [0.3, 0.4) is 0 Å². The topological polar surface area (TPSA) is 123 Å². The van der Waals surface area contributed by atoms with E-state index in [0.29, 0.717) is 11.1 Å².